The molecule has 0 saturated heterocycles. The predicted molar refractivity (Wildman–Crippen MR) is 58.2 cm³/mol. The van der Waals surface area contributed by atoms with Crippen molar-refractivity contribution in [3.05, 3.63) is 34.5 Å². The van der Waals surface area contributed by atoms with Crippen LogP contribution in [0.25, 0.3) is 0 Å². The molecule has 0 aliphatic heterocycles. The molecule has 1 aromatic rings. The summed E-state index contributed by atoms with van der Waals surface area (Å²) >= 11 is 1.80. The molecule has 0 unspecified atom stereocenters. The number of halogens is 1. The minimum Gasteiger partial charge on any atom is -0.308 e. The van der Waals surface area contributed by atoms with Crippen LogP contribution in [0.3, 0.4) is 0 Å². The molecular formula is C9H14ClNS. The molecule has 1 rings (SSSR count). The Morgan fingerprint density at radius 1 is 1.67 bits per heavy atom. The largest absolute Gasteiger partial charge is 0.308 e. The SMILES string of the molecule is C=CCNCc1sccc1C.Cl. The number of rotatable bonds is 4. The van der Waals surface area contributed by atoms with Crippen LogP contribution in [0.15, 0.2) is 24.1 Å². The summed E-state index contributed by atoms with van der Waals surface area (Å²) in [5.41, 5.74) is 1.38. The van der Waals surface area contributed by atoms with E-state index in [1.54, 1.807) is 11.3 Å². The summed E-state index contributed by atoms with van der Waals surface area (Å²) in [6, 6.07) is 2.15. The Morgan fingerprint density at radius 3 is 2.92 bits per heavy atom. The van der Waals surface area contributed by atoms with Gasteiger partial charge in [-0.05, 0) is 23.9 Å². The molecule has 0 bridgehead atoms. The van der Waals surface area contributed by atoms with E-state index in [1.165, 1.54) is 10.4 Å². The van der Waals surface area contributed by atoms with Crippen molar-refractivity contribution in [2.24, 2.45) is 0 Å². The average Bonchev–Trinajstić information content (AvgIpc) is 2.37. The molecule has 68 valence electrons. The second-order valence-electron chi connectivity index (χ2n) is 2.45. The van der Waals surface area contributed by atoms with Crippen LogP contribution in [0.5, 0.6) is 0 Å². The van der Waals surface area contributed by atoms with E-state index in [9.17, 15) is 0 Å². The third-order valence-electron chi connectivity index (χ3n) is 1.54. The number of thiophene rings is 1. The second-order valence-corrected chi connectivity index (χ2v) is 3.45. The third kappa shape index (κ3) is 3.39. The Morgan fingerprint density at radius 2 is 2.42 bits per heavy atom. The van der Waals surface area contributed by atoms with E-state index in [2.05, 4.69) is 30.3 Å². The molecule has 1 N–H and O–H groups in total. The van der Waals surface area contributed by atoms with Gasteiger partial charge in [-0.25, -0.2) is 0 Å². The molecule has 0 aliphatic rings. The minimum atomic E-state index is 0. The summed E-state index contributed by atoms with van der Waals surface area (Å²) in [5.74, 6) is 0. The summed E-state index contributed by atoms with van der Waals surface area (Å²) < 4.78 is 0. The van der Waals surface area contributed by atoms with E-state index in [0.717, 1.165) is 13.1 Å². The zero-order valence-corrected chi connectivity index (χ0v) is 8.80. The monoisotopic (exact) mass is 203 g/mol. The van der Waals surface area contributed by atoms with Crippen molar-refractivity contribution in [1.29, 1.82) is 0 Å². The summed E-state index contributed by atoms with van der Waals surface area (Å²) in [6.07, 6.45) is 1.88. The molecule has 0 atom stereocenters. The summed E-state index contributed by atoms with van der Waals surface area (Å²) in [5, 5.41) is 5.40. The van der Waals surface area contributed by atoms with Gasteiger partial charge in [-0.15, -0.1) is 30.3 Å². The molecule has 0 amide bonds. The quantitative estimate of drug-likeness (QED) is 0.586. The number of nitrogens with one attached hydrogen (secondary N) is 1. The molecule has 1 heterocycles. The van der Waals surface area contributed by atoms with E-state index in [-0.39, 0.29) is 12.4 Å². The van der Waals surface area contributed by atoms with Crippen molar-refractivity contribution in [3.63, 3.8) is 0 Å². The molecule has 0 fully saturated rings. The van der Waals surface area contributed by atoms with Crippen molar-refractivity contribution >= 4 is 23.7 Å². The molecule has 12 heavy (non-hydrogen) atoms. The van der Waals surface area contributed by atoms with Crippen LogP contribution in [-0.2, 0) is 6.54 Å². The van der Waals surface area contributed by atoms with Gasteiger partial charge >= 0.3 is 0 Å². The Hall–Kier alpha value is -0.310. The molecule has 0 aliphatic carbocycles. The Bertz CT molecular complexity index is 232. The standard InChI is InChI=1S/C9H13NS.ClH/c1-3-5-10-7-9-8(2)4-6-11-9;/h3-4,6,10H,1,5,7H2,2H3;1H. The van der Waals surface area contributed by atoms with E-state index in [1.807, 2.05) is 6.08 Å². The number of aryl methyl sites for hydroxylation is 1. The molecule has 3 heteroatoms. The molecule has 0 radical (unpaired) electrons. The third-order valence-corrected chi connectivity index (χ3v) is 2.57. The van der Waals surface area contributed by atoms with Crippen molar-refractivity contribution < 1.29 is 0 Å². The fourth-order valence-corrected chi connectivity index (χ4v) is 1.75. The van der Waals surface area contributed by atoms with Gasteiger partial charge in [-0.3, -0.25) is 0 Å². The first-order valence-electron chi connectivity index (χ1n) is 3.69. The zero-order chi connectivity index (χ0) is 8.10. The van der Waals surface area contributed by atoms with Crippen LogP contribution < -0.4 is 5.32 Å². The minimum absolute atomic E-state index is 0. The first-order chi connectivity index (χ1) is 5.34. The van der Waals surface area contributed by atoms with Crippen LogP contribution in [0.4, 0.5) is 0 Å². The molecule has 1 nitrogen and oxygen atoms in total. The maximum absolute atomic E-state index is 3.64. The predicted octanol–water partition coefficient (Wildman–Crippen LogP) is 2.75. The van der Waals surface area contributed by atoms with Crippen LogP contribution in [-0.4, -0.2) is 6.54 Å². The topological polar surface area (TPSA) is 12.0 Å². The lowest BCUT2D eigenvalue weighted by molar-refractivity contribution is 0.767. The van der Waals surface area contributed by atoms with E-state index in [0.29, 0.717) is 0 Å². The number of hydrogen-bond donors (Lipinski definition) is 1. The van der Waals surface area contributed by atoms with Gasteiger partial charge in [0.15, 0.2) is 0 Å². The fourth-order valence-electron chi connectivity index (χ4n) is 0.873. The Balaban J connectivity index is 0.00000121. The van der Waals surface area contributed by atoms with Crippen molar-refractivity contribution in [2.75, 3.05) is 6.54 Å². The lowest BCUT2D eigenvalue weighted by Crippen LogP contribution is -2.11. The summed E-state index contributed by atoms with van der Waals surface area (Å²) in [4.78, 5) is 1.42. The van der Waals surface area contributed by atoms with Gasteiger partial charge in [0, 0.05) is 18.0 Å². The molecule has 0 aromatic carbocycles. The zero-order valence-electron chi connectivity index (χ0n) is 7.17. The highest BCUT2D eigenvalue weighted by molar-refractivity contribution is 7.10. The van der Waals surface area contributed by atoms with Crippen LogP contribution in [0, 0.1) is 6.92 Å². The van der Waals surface area contributed by atoms with Crippen LogP contribution in [0.1, 0.15) is 10.4 Å². The second kappa shape index (κ2) is 6.23. The van der Waals surface area contributed by atoms with Crippen LogP contribution >= 0.6 is 23.7 Å². The fraction of sp³-hybridized carbons (Fsp3) is 0.333. The highest BCUT2D eigenvalue weighted by atomic mass is 35.5. The van der Waals surface area contributed by atoms with Crippen molar-refractivity contribution in [2.45, 2.75) is 13.5 Å². The van der Waals surface area contributed by atoms with E-state index >= 15 is 0 Å². The molecule has 0 spiro atoms. The van der Waals surface area contributed by atoms with Gasteiger partial charge in [0.2, 0.25) is 0 Å². The maximum Gasteiger partial charge on any atom is 0.0305 e. The molecule has 0 saturated carbocycles. The van der Waals surface area contributed by atoms with Gasteiger partial charge in [0.1, 0.15) is 0 Å². The van der Waals surface area contributed by atoms with E-state index in [4.69, 9.17) is 0 Å². The van der Waals surface area contributed by atoms with Gasteiger partial charge in [0.25, 0.3) is 0 Å². The average molecular weight is 204 g/mol. The smallest absolute Gasteiger partial charge is 0.0305 e. The number of hydrogen-bond acceptors (Lipinski definition) is 2. The van der Waals surface area contributed by atoms with Gasteiger partial charge in [-0.2, -0.15) is 0 Å². The van der Waals surface area contributed by atoms with E-state index < -0.39 is 0 Å². The van der Waals surface area contributed by atoms with Crippen molar-refractivity contribution in [3.8, 4) is 0 Å². The van der Waals surface area contributed by atoms with Gasteiger partial charge in [0.05, 0.1) is 0 Å². The van der Waals surface area contributed by atoms with Crippen molar-refractivity contribution in [1.82, 2.24) is 5.32 Å². The first-order valence-corrected chi connectivity index (χ1v) is 4.57. The summed E-state index contributed by atoms with van der Waals surface area (Å²) in [7, 11) is 0. The maximum atomic E-state index is 3.64. The van der Waals surface area contributed by atoms with Crippen LogP contribution in [0.2, 0.25) is 0 Å². The highest BCUT2D eigenvalue weighted by Crippen LogP contribution is 2.14. The van der Waals surface area contributed by atoms with Gasteiger partial charge in [-0.1, -0.05) is 6.08 Å². The first kappa shape index (κ1) is 11.7. The highest BCUT2D eigenvalue weighted by Gasteiger charge is 1.96. The molecular weight excluding hydrogens is 190 g/mol. The lowest BCUT2D eigenvalue weighted by atomic mass is 10.3. The normalized spacial score (nSPS) is 9.08. The lowest BCUT2D eigenvalue weighted by Gasteiger charge is -1.99. The molecule has 1 aromatic heterocycles. The van der Waals surface area contributed by atoms with Gasteiger partial charge < -0.3 is 5.32 Å². The Labute approximate surface area is 83.9 Å². The Kier molecular flexibility index (Phi) is 6.07. The summed E-state index contributed by atoms with van der Waals surface area (Å²) in [6.45, 7) is 7.64.